The second-order valence-corrected chi connectivity index (χ2v) is 16.7. The lowest BCUT2D eigenvalue weighted by molar-refractivity contribution is -0.146. The molecule has 0 saturated carbocycles. The molecule has 2 aromatic carbocycles. The Bertz CT molecular complexity index is 1490. The fourth-order valence-corrected chi connectivity index (χ4v) is 7.44. The smallest absolute Gasteiger partial charge is 0.309 e. The molecule has 1 fully saturated rings. The molecule has 1 saturated heterocycles. The van der Waals surface area contributed by atoms with Crippen LogP contribution in [0, 0.1) is 5.41 Å². The first kappa shape index (κ1) is 30.8. The van der Waals surface area contributed by atoms with E-state index in [-0.39, 0.29) is 10.8 Å². The van der Waals surface area contributed by atoms with Gasteiger partial charge in [-0.2, -0.15) is 0 Å². The number of nitrogens with zero attached hydrogens (tertiary/aromatic N) is 1. The minimum absolute atomic E-state index is 0.165. The number of halogens is 1. The number of fused-ring (bicyclic) bond motifs is 1. The maximum atomic E-state index is 12.7. The van der Waals surface area contributed by atoms with Gasteiger partial charge < -0.3 is 19.7 Å². The van der Waals surface area contributed by atoms with E-state index in [4.69, 9.17) is 16.3 Å². The summed E-state index contributed by atoms with van der Waals surface area (Å²) in [6.45, 7) is 11.1. The number of carbonyl (C=O) groups is 1. The van der Waals surface area contributed by atoms with Crippen LogP contribution in [0.25, 0.3) is 10.9 Å². The Morgan fingerprint density at radius 2 is 1.85 bits per heavy atom. The van der Waals surface area contributed by atoms with E-state index in [0.717, 1.165) is 46.4 Å². The lowest BCUT2D eigenvalue weighted by atomic mass is 9.88. The summed E-state index contributed by atoms with van der Waals surface area (Å²) >= 11 is 7.82. The third-order valence-electron chi connectivity index (χ3n) is 7.04. The summed E-state index contributed by atoms with van der Waals surface area (Å²) in [6, 6.07) is 13.0. The van der Waals surface area contributed by atoms with E-state index in [9.17, 15) is 18.3 Å². The number of ether oxygens (including phenoxy) is 1. The Kier molecular flexibility index (Phi) is 8.91. The van der Waals surface area contributed by atoms with Crippen molar-refractivity contribution in [2.24, 2.45) is 5.41 Å². The molecule has 1 aromatic heterocycles. The maximum Gasteiger partial charge on any atom is 0.309 e. The molecule has 2 atom stereocenters. The van der Waals surface area contributed by atoms with Crippen molar-refractivity contribution in [3.63, 3.8) is 0 Å². The zero-order chi connectivity index (χ0) is 29.5. The van der Waals surface area contributed by atoms with Crippen molar-refractivity contribution in [2.75, 3.05) is 12.8 Å². The molecule has 1 aliphatic rings. The van der Waals surface area contributed by atoms with E-state index in [2.05, 4.69) is 30.7 Å². The van der Waals surface area contributed by atoms with Crippen LogP contribution in [0.5, 0.6) is 5.75 Å². The van der Waals surface area contributed by atoms with Crippen molar-refractivity contribution in [3.05, 3.63) is 58.7 Å². The SMILES string of the molecule is CC(C)(C)Sc1c(CC(C)(C)C(=O)O)n(Cc2ccc(Cl)cc2)c2ccc(O[C@H](C3CCCN3)S(C)(=O)=O)cc12. The number of sulfone groups is 1. The molecule has 40 heavy (non-hydrogen) atoms. The minimum Gasteiger partial charge on any atom is -0.481 e. The second-order valence-electron chi connectivity index (χ2n) is 12.3. The summed E-state index contributed by atoms with van der Waals surface area (Å²) in [5, 5.41) is 14.8. The molecule has 3 aromatic rings. The highest BCUT2D eigenvalue weighted by atomic mass is 35.5. The van der Waals surface area contributed by atoms with Crippen LogP contribution < -0.4 is 10.1 Å². The van der Waals surface area contributed by atoms with E-state index in [0.29, 0.717) is 23.7 Å². The number of aliphatic carboxylic acids is 1. The third-order valence-corrected chi connectivity index (χ3v) is 9.84. The molecular weight excluding hydrogens is 568 g/mol. The van der Waals surface area contributed by atoms with Crippen LogP contribution >= 0.6 is 23.4 Å². The van der Waals surface area contributed by atoms with Crippen molar-refractivity contribution >= 4 is 50.1 Å². The molecule has 0 bridgehead atoms. The van der Waals surface area contributed by atoms with Crippen LogP contribution in [0.1, 0.15) is 58.7 Å². The largest absolute Gasteiger partial charge is 0.481 e. The number of benzene rings is 2. The molecule has 4 rings (SSSR count). The Morgan fingerprint density at radius 1 is 1.18 bits per heavy atom. The van der Waals surface area contributed by atoms with Gasteiger partial charge in [-0.3, -0.25) is 4.79 Å². The van der Waals surface area contributed by atoms with Gasteiger partial charge in [-0.15, -0.1) is 11.8 Å². The standard InChI is InChI=1S/C30H39ClN2O5S2/c1-29(2,3)39-26-22-16-21(38-27(40(6,36)37)23-8-7-15-32-23)13-14-24(22)33(18-19-9-11-20(31)12-10-19)25(26)17-30(4,5)28(34)35/h9-14,16,23,27,32H,7-8,15,17-18H2,1-6H3,(H,34,35)/t23?,27-/m0/s1. The molecule has 0 amide bonds. The average molecular weight is 607 g/mol. The molecule has 0 radical (unpaired) electrons. The van der Waals surface area contributed by atoms with E-state index in [1.807, 2.05) is 42.5 Å². The number of carboxylic acids is 1. The van der Waals surface area contributed by atoms with Crippen molar-refractivity contribution in [3.8, 4) is 5.75 Å². The normalized spacial score (nSPS) is 17.3. The quantitative estimate of drug-likeness (QED) is 0.258. The fourth-order valence-electron chi connectivity index (χ4n) is 5.02. The number of nitrogens with one attached hydrogen (secondary N) is 1. The summed E-state index contributed by atoms with van der Waals surface area (Å²) in [6.07, 6.45) is 3.17. The zero-order valence-corrected chi connectivity index (χ0v) is 26.3. The summed E-state index contributed by atoms with van der Waals surface area (Å²) < 4.78 is 33.6. The first-order valence-corrected chi connectivity index (χ1v) is 16.6. The van der Waals surface area contributed by atoms with Crippen LogP contribution in [-0.2, 0) is 27.6 Å². The molecule has 2 heterocycles. The maximum absolute atomic E-state index is 12.7. The zero-order valence-electron chi connectivity index (χ0n) is 24.0. The number of carboxylic acid groups (broad SMARTS) is 1. The number of aromatic nitrogens is 1. The van der Waals surface area contributed by atoms with Crippen LogP contribution in [-0.4, -0.2) is 53.1 Å². The number of thioether (sulfide) groups is 1. The number of hydrogen-bond donors (Lipinski definition) is 2. The van der Waals surface area contributed by atoms with E-state index >= 15 is 0 Å². The summed E-state index contributed by atoms with van der Waals surface area (Å²) in [5.74, 6) is -0.397. The van der Waals surface area contributed by atoms with Gasteiger partial charge in [0.2, 0.25) is 5.44 Å². The first-order valence-electron chi connectivity index (χ1n) is 13.5. The van der Waals surface area contributed by atoms with Crippen molar-refractivity contribution in [1.29, 1.82) is 0 Å². The van der Waals surface area contributed by atoms with Gasteiger partial charge in [0, 0.05) is 50.5 Å². The highest BCUT2D eigenvalue weighted by Crippen LogP contribution is 2.44. The third kappa shape index (κ3) is 7.16. The van der Waals surface area contributed by atoms with Gasteiger partial charge in [0.1, 0.15) is 5.75 Å². The monoisotopic (exact) mass is 606 g/mol. The highest BCUT2D eigenvalue weighted by Gasteiger charge is 2.35. The van der Waals surface area contributed by atoms with Crippen LogP contribution in [0.15, 0.2) is 47.4 Å². The molecular formula is C30H39ClN2O5S2. The van der Waals surface area contributed by atoms with Crippen molar-refractivity contribution < 1.29 is 23.1 Å². The van der Waals surface area contributed by atoms with Gasteiger partial charge in [-0.1, -0.05) is 44.5 Å². The van der Waals surface area contributed by atoms with Gasteiger partial charge >= 0.3 is 5.97 Å². The Labute approximate surface area is 246 Å². The van der Waals surface area contributed by atoms with E-state index in [1.165, 1.54) is 6.26 Å². The summed E-state index contributed by atoms with van der Waals surface area (Å²) in [5.41, 5.74) is 0.890. The van der Waals surface area contributed by atoms with Gasteiger partial charge in [-0.25, -0.2) is 8.42 Å². The van der Waals surface area contributed by atoms with E-state index < -0.39 is 26.7 Å². The highest BCUT2D eigenvalue weighted by molar-refractivity contribution is 8.00. The second kappa shape index (κ2) is 11.6. The number of hydrogen-bond acceptors (Lipinski definition) is 6. The van der Waals surface area contributed by atoms with E-state index in [1.54, 1.807) is 25.6 Å². The molecule has 1 aliphatic heterocycles. The molecule has 218 valence electrons. The first-order chi connectivity index (χ1) is 18.5. The van der Waals surface area contributed by atoms with Crippen LogP contribution in [0.3, 0.4) is 0 Å². The minimum atomic E-state index is -3.49. The number of rotatable bonds is 10. The lowest BCUT2D eigenvalue weighted by Crippen LogP contribution is -2.43. The Hall–Kier alpha value is -2.20. The molecule has 2 N–H and O–H groups in total. The van der Waals surface area contributed by atoms with Gasteiger partial charge in [0.15, 0.2) is 9.84 Å². The van der Waals surface area contributed by atoms with Crippen molar-refractivity contribution in [2.45, 2.75) is 81.5 Å². The van der Waals surface area contributed by atoms with Crippen LogP contribution in [0.2, 0.25) is 5.02 Å². The van der Waals surface area contributed by atoms with Gasteiger partial charge in [0.05, 0.1) is 11.5 Å². The van der Waals surface area contributed by atoms with Crippen LogP contribution in [0.4, 0.5) is 0 Å². The average Bonchev–Trinajstić information content (AvgIpc) is 3.45. The molecule has 1 unspecified atom stereocenters. The lowest BCUT2D eigenvalue weighted by Gasteiger charge is -2.24. The Balaban J connectivity index is 1.90. The predicted molar refractivity (Wildman–Crippen MR) is 164 cm³/mol. The Morgan fingerprint density at radius 3 is 2.40 bits per heavy atom. The predicted octanol–water partition coefficient (Wildman–Crippen LogP) is 6.39. The van der Waals surface area contributed by atoms with Gasteiger partial charge in [-0.05, 0) is 69.1 Å². The van der Waals surface area contributed by atoms with Crippen molar-refractivity contribution in [1.82, 2.24) is 9.88 Å². The van der Waals surface area contributed by atoms with Gasteiger partial charge in [0.25, 0.3) is 0 Å². The molecule has 0 aliphatic carbocycles. The molecule has 7 nitrogen and oxygen atoms in total. The molecule has 0 spiro atoms. The topological polar surface area (TPSA) is 97.6 Å². The summed E-state index contributed by atoms with van der Waals surface area (Å²) in [4.78, 5) is 13.2. The molecule has 10 heteroatoms. The fraction of sp³-hybridized carbons (Fsp3) is 0.500. The summed E-state index contributed by atoms with van der Waals surface area (Å²) in [7, 11) is -3.49.